The van der Waals surface area contributed by atoms with Gasteiger partial charge in [0.2, 0.25) is 0 Å². The van der Waals surface area contributed by atoms with Gasteiger partial charge in [0.05, 0.1) is 18.4 Å². The number of carbonyl (C=O) groups excluding carboxylic acids is 1. The molecule has 0 fully saturated rings. The van der Waals surface area contributed by atoms with E-state index in [0.29, 0.717) is 24.4 Å². The van der Waals surface area contributed by atoms with Crippen LogP contribution in [-0.2, 0) is 6.54 Å². The van der Waals surface area contributed by atoms with Gasteiger partial charge in [0.15, 0.2) is 17.6 Å². The zero-order valence-corrected chi connectivity index (χ0v) is 14.4. The normalized spacial score (nSPS) is 15.5. The van der Waals surface area contributed by atoms with E-state index in [1.165, 1.54) is 0 Å². The number of amides is 1. The van der Waals surface area contributed by atoms with E-state index in [1.54, 1.807) is 29.2 Å². The maximum Gasteiger partial charge on any atom is 0.255 e. The minimum Gasteiger partial charge on any atom is -0.486 e. The van der Waals surface area contributed by atoms with Gasteiger partial charge in [0, 0.05) is 11.8 Å². The van der Waals surface area contributed by atoms with Crippen molar-refractivity contribution in [1.29, 1.82) is 0 Å². The largest absolute Gasteiger partial charge is 0.486 e. The summed E-state index contributed by atoms with van der Waals surface area (Å²) >= 11 is 0. The van der Waals surface area contributed by atoms with Crippen molar-refractivity contribution in [3.8, 4) is 11.5 Å². The molecule has 0 saturated carbocycles. The molecule has 2 heterocycles. The van der Waals surface area contributed by atoms with Crippen LogP contribution in [0.3, 0.4) is 0 Å². The van der Waals surface area contributed by atoms with Crippen LogP contribution < -0.4 is 14.8 Å². The molecular weight excluding hydrogens is 330 g/mol. The second-order valence-corrected chi connectivity index (χ2v) is 6.27. The standard InChI is InChI=1S/C20H19N3O3/c1-14-6-8-15(9-7-14)20(24)22-16-10-21-23(11-16)12-17-13-25-18-4-2-3-5-19(18)26-17/h2-11,17H,12-13H2,1H3,(H,22,24). The zero-order chi connectivity index (χ0) is 17.9. The molecule has 0 radical (unpaired) electrons. The summed E-state index contributed by atoms with van der Waals surface area (Å²) in [6, 6.07) is 15.0. The number of para-hydroxylation sites is 2. The second-order valence-electron chi connectivity index (χ2n) is 6.27. The maximum atomic E-state index is 12.3. The summed E-state index contributed by atoms with van der Waals surface area (Å²) in [6.07, 6.45) is 3.28. The van der Waals surface area contributed by atoms with E-state index in [1.807, 2.05) is 43.3 Å². The molecule has 6 nitrogen and oxygen atoms in total. The molecule has 1 aromatic heterocycles. The van der Waals surface area contributed by atoms with Crippen LogP contribution in [0.15, 0.2) is 60.9 Å². The quantitative estimate of drug-likeness (QED) is 0.785. The lowest BCUT2D eigenvalue weighted by molar-refractivity contribution is 0.0759. The van der Waals surface area contributed by atoms with E-state index < -0.39 is 0 Å². The fourth-order valence-corrected chi connectivity index (χ4v) is 2.80. The molecule has 1 unspecified atom stereocenters. The summed E-state index contributed by atoms with van der Waals surface area (Å²) in [5.41, 5.74) is 2.38. The first-order valence-corrected chi connectivity index (χ1v) is 8.46. The lowest BCUT2D eigenvalue weighted by Crippen LogP contribution is -2.33. The Balaban J connectivity index is 1.38. The summed E-state index contributed by atoms with van der Waals surface area (Å²) in [7, 11) is 0. The number of ether oxygens (including phenoxy) is 2. The topological polar surface area (TPSA) is 65.4 Å². The number of nitrogens with zero attached hydrogens (tertiary/aromatic N) is 2. The average Bonchev–Trinajstić information content (AvgIpc) is 3.09. The van der Waals surface area contributed by atoms with Gasteiger partial charge < -0.3 is 14.8 Å². The van der Waals surface area contributed by atoms with Crippen LogP contribution in [0, 0.1) is 6.92 Å². The second kappa shape index (κ2) is 6.92. The van der Waals surface area contributed by atoms with Crippen molar-refractivity contribution in [3.05, 3.63) is 72.1 Å². The molecule has 0 bridgehead atoms. The van der Waals surface area contributed by atoms with Gasteiger partial charge in [-0.1, -0.05) is 29.8 Å². The number of carbonyl (C=O) groups is 1. The molecule has 0 aliphatic carbocycles. The predicted octanol–water partition coefficient (Wildman–Crippen LogP) is 3.28. The molecule has 3 aromatic rings. The molecule has 1 N–H and O–H groups in total. The summed E-state index contributed by atoms with van der Waals surface area (Å²) < 4.78 is 13.4. The van der Waals surface area contributed by atoms with Gasteiger partial charge in [-0.2, -0.15) is 5.10 Å². The molecule has 0 spiro atoms. The maximum absolute atomic E-state index is 12.3. The molecule has 26 heavy (non-hydrogen) atoms. The lowest BCUT2D eigenvalue weighted by Gasteiger charge is -2.26. The summed E-state index contributed by atoms with van der Waals surface area (Å²) in [5, 5.41) is 7.15. The average molecular weight is 349 g/mol. The van der Waals surface area contributed by atoms with Crippen LogP contribution in [0.2, 0.25) is 0 Å². The lowest BCUT2D eigenvalue weighted by atomic mass is 10.1. The number of aromatic nitrogens is 2. The van der Waals surface area contributed by atoms with E-state index in [2.05, 4.69) is 10.4 Å². The smallest absolute Gasteiger partial charge is 0.255 e. The Bertz CT molecular complexity index is 918. The fraction of sp³-hybridized carbons (Fsp3) is 0.200. The van der Waals surface area contributed by atoms with Crippen molar-refractivity contribution in [2.45, 2.75) is 19.6 Å². The van der Waals surface area contributed by atoms with Crippen LogP contribution in [0.4, 0.5) is 5.69 Å². The van der Waals surface area contributed by atoms with Gasteiger partial charge in [-0.15, -0.1) is 0 Å². The van der Waals surface area contributed by atoms with Gasteiger partial charge in [-0.3, -0.25) is 9.48 Å². The predicted molar refractivity (Wildman–Crippen MR) is 97.7 cm³/mol. The first-order valence-electron chi connectivity index (χ1n) is 8.46. The Kier molecular flexibility index (Phi) is 4.31. The monoisotopic (exact) mass is 349 g/mol. The molecular formula is C20H19N3O3. The number of hydrogen-bond acceptors (Lipinski definition) is 4. The van der Waals surface area contributed by atoms with Gasteiger partial charge in [-0.25, -0.2) is 0 Å². The Labute approximate surface area is 151 Å². The van der Waals surface area contributed by atoms with Crippen molar-refractivity contribution < 1.29 is 14.3 Å². The summed E-state index contributed by atoms with van der Waals surface area (Å²) in [4.78, 5) is 12.3. The van der Waals surface area contributed by atoms with Crippen LogP contribution in [-0.4, -0.2) is 28.4 Å². The van der Waals surface area contributed by atoms with Crippen molar-refractivity contribution in [3.63, 3.8) is 0 Å². The third kappa shape index (κ3) is 3.54. The molecule has 132 valence electrons. The molecule has 2 aromatic carbocycles. The highest BCUT2D eigenvalue weighted by molar-refractivity contribution is 6.04. The molecule has 1 aliphatic heterocycles. The number of hydrogen-bond donors (Lipinski definition) is 1. The first-order chi connectivity index (χ1) is 12.7. The summed E-state index contributed by atoms with van der Waals surface area (Å²) in [5.74, 6) is 1.34. The highest BCUT2D eigenvalue weighted by Gasteiger charge is 2.21. The number of anilines is 1. The molecule has 4 rings (SSSR count). The molecule has 1 atom stereocenters. The van der Waals surface area contributed by atoms with Gasteiger partial charge in [0.25, 0.3) is 5.91 Å². The SMILES string of the molecule is Cc1ccc(C(=O)Nc2cnn(CC3COc4ccccc4O3)c2)cc1. The Morgan fingerprint density at radius 2 is 1.96 bits per heavy atom. The van der Waals surface area contributed by atoms with Crippen LogP contribution in [0.5, 0.6) is 11.5 Å². The highest BCUT2D eigenvalue weighted by atomic mass is 16.6. The van der Waals surface area contributed by atoms with Crippen molar-refractivity contribution in [1.82, 2.24) is 9.78 Å². The van der Waals surface area contributed by atoms with Crippen LogP contribution in [0.1, 0.15) is 15.9 Å². The van der Waals surface area contributed by atoms with Crippen molar-refractivity contribution >= 4 is 11.6 Å². The van der Waals surface area contributed by atoms with Gasteiger partial charge in [-0.05, 0) is 31.2 Å². The van der Waals surface area contributed by atoms with Crippen molar-refractivity contribution in [2.75, 3.05) is 11.9 Å². The Morgan fingerprint density at radius 1 is 1.19 bits per heavy atom. The third-order valence-corrected chi connectivity index (χ3v) is 4.16. The van der Waals surface area contributed by atoms with Crippen molar-refractivity contribution in [2.24, 2.45) is 0 Å². The zero-order valence-electron chi connectivity index (χ0n) is 14.4. The molecule has 1 amide bonds. The highest BCUT2D eigenvalue weighted by Crippen LogP contribution is 2.31. The first kappa shape index (κ1) is 16.2. The summed E-state index contributed by atoms with van der Waals surface area (Å²) in [6.45, 7) is 2.98. The number of nitrogens with one attached hydrogen (secondary N) is 1. The number of benzene rings is 2. The van der Waals surface area contributed by atoms with E-state index in [9.17, 15) is 4.79 Å². The minimum atomic E-state index is -0.157. The van der Waals surface area contributed by atoms with E-state index >= 15 is 0 Å². The Morgan fingerprint density at radius 3 is 2.77 bits per heavy atom. The van der Waals surface area contributed by atoms with E-state index in [0.717, 1.165) is 17.1 Å². The van der Waals surface area contributed by atoms with Gasteiger partial charge in [0.1, 0.15) is 6.61 Å². The molecule has 6 heteroatoms. The van der Waals surface area contributed by atoms with Gasteiger partial charge >= 0.3 is 0 Å². The minimum absolute atomic E-state index is 0.134. The molecule has 0 saturated heterocycles. The fourth-order valence-electron chi connectivity index (χ4n) is 2.80. The third-order valence-electron chi connectivity index (χ3n) is 4.16. The Hall–Kier alpha value is -3.28. The number of aryl methyl sites for hydroxylation is 1. The van der Waals surface area contributed by atoms with Crippen LogP contribution in [0.25, 0.3) is 0 Å². The van der Waals surface area contributed by atoms with E-state index in [4.69, 9.17) is 9.47 Å². The van der Waals surface area contributed by atoms with Crippen LogP contribution >= 0.6 is 0 Å². The molecule has 1 aliphatic rings. The van der Waals surface area contributed by atoms with E-state index in [-0.39, 0.29) is 12.0 Å². The number of rotatable bonds is 4. The number of fused-ring (bicyclic) bond motifs is 1.